The molecule has 0 aliphatic heterocycles. The Morgan fingerprint density at radius 2 is 1.74 bits per heavy atom. The van der Waals surface area contributed by atoms with Crippen LogP contribution >= 0.6 is 27.7 Å². The van der Waals surface area contributed by atoms with Crippen LogP contribution in [0.25, 0.3) is 0 Å². The molecule has 0 radical (unpaired) electrons. The van der Waals surface area contributed by atoms with Gasteiger partial charge in [-0.15, -0.1) is 11.8 Å². The van der Waals surface area contributed by atoms with Crippen molar-refractivity contribution >= 4 is 43.6 Å². The third-order valence-corrected chi connectivity index (χ3v) is 7.32. The van der Waals surface area contributed by atoms with E-state index in [1.807, 2.05) is 37.4 Å². The molecule has 8 heteroatoms. The zero-order chi connectivity index (χ0) is 20.0. The fourth-order valence-electron chi connectivity index (χ4n) is 2.55. The molecule has 0 saturated heterocycles. The lowest BCUT2D eigenvalue weighted by molar-refractivity contribution is -0.121. The quantitative estimate of drug-likeness (QED) is 0.590. The highest BCUT2D eigenvalue weighted by Crippen LogP contribution is 2.20. The Kier molecular flexibility index (Phi) is 7.91. The van der Waals surface area contributed by atoms with Crippen LogP contribution in [0.3, 0.4) is 0 Å². The van der Waals surface area contributed by atoms with Crippen molar-refractivity contribution in [2.45, 2.75) is 29.7 Å². The summed E-state index contributed by atoms with van der Waals surface area (Å²) in [6.45, 7) is 3.59. The Morgan fingerprint density at radius 1 is 1.15 bits per heavy atom. The largest absolute Gasteiger partial charge is 0.348 e. The predicted molar refractivity (Wildman–Crippen MR) is 113 cm³/mol. The third kappa shape index (κ3) is 5.81. The molecule has 0 saturated carbocycles. The highest BCUT2D eigenvalue weighted by Gasteiger charge is 2.25. The molecule has 0 bridgehead atoms. The number of benzene rings is 2. The molecule has 1 atom stereocenters. The number of nitrogens with zero attached hydrogens (tertiary/aromatic N) is 1. The van der Waals surface area contributed by atoms with Gasteiger partial charge in [-0.25, -0.2) is 8.42 Å². The molecule has 1 N–H and O–H groups in total. The fraction of sp³-hybridized carbons (Fsp3) is 0.316. The van der Waals surface area contributed by atoms with E-state index in [0.717, 1.165) is 14.9 Å². The van der Waals surface area contributed by atoms with E-state index >= 15 is 0 Å². The molecule has 0 aliphatic rings. The number of hydrogen-bond donors (Lipinski definition) is 1. The van der Waals surface area contributed by atoms with Crippen molar-refractivity contribution in [1.82, 2.24) is 9.62 Å². The van der Waals surface area contributed by atoms with Crippen molar-refractivity contribution in [3.8, 4) is 0 Å². The molecule has 0 spiro atoms. The van der Waals surface area contributed by atoms with Crippen LogP contribution in [-0.4, -0.2) is 38.0 Å². The van der Waals surface area contributed by atoms with Crippen molar-refractivity contribution in [3.05, 3.63) is 58.6 Å². The second kappa shape index (κ2) is 9.73. The molecule has 146 valence electrons. The second-order valence-corrected chi connectivity index (χ2v) is 9.68. The van der Waals surface area contributed by atoms with E-state index in [-0.39, 0.29) is 29.9 Å². The van der Waals surface area contributed by atoms with Crippen LogP contribution in [0.15, 0.2) is 62.8 Å². The summed E-state index contributed by atoms with van der Waals surface area (Å²) >= 11 is 4.94. The highest BCUT2D eigenvalue weighted by atomic mass is 79.9. The number of nitrogens with one attached hydrogen (secondary N) is 1. The van der Waals surface area contributed by atoms with Gasteiger partial charge in [0.1, 0.15) is 0 Å². The number of carbonyl (C=O) groups is 1. The van der Waals surface area contributed by atoms with Crippen LogP contribution in [0.5, 0.6) is 0 Å². The topological polar surface area (TPSA) is 66.5 Å². The lowest BCUT2D eigenvalue weighted by atomic mass is 10.1. The summed E-state index contributed by atoms with van der Waals surface area (Å²) in [5, 5.41) is 2.87. The third-order valence-electron chi connectivity index (χ3n) is 4.12. The van der Waals surface area contributed by atoms with Crippen LogP contribution in [-0.2, 0) is 14.8 Å². The maximum atomic E-state index is 12.8. The molecular formula is C19H23BrN2O3S2. The molecular weight excluding hydrogens is 448 g/mol. The second-order valence-electron chi connectivity index (χ2n) is 5.95. The van der Waals surface area contributed by atoms with Gasteiger partial charge in [-0.1, -0.05) is 35.0 Å². The molecule has 0 aromatic heterocycles. The van der Waals surface area contributed by atoms with Gasteiger partial charge in [0.2, 0.25) is 15.9 Å². The molecule has 27 heavy (non-hydrogen) atoms. The van der Waals surface area contributed by atoms with E-state index in [1.165, 1.54) is 16.4 Å². The first-order chi connectivity index (χ1) is 12.8. The molecule has 0 unspecified atom stereocenters. The molecule has 2 aromatic rings. The standard InChI is InChI=1S/C19H23BrN2O3S2/c1-4-22(27(24,25)18-11-7-16(20)8-12-18)13-19(23)21-14(2)15-5-9-17(26-3)10-6-15/h5-12,14H,4,13H2,1-3H3,(H,21,23)/t14-/m1/s1. The Hall–Kier alpha value is -1.35. The monoisotopic (exact) mass is 470 g/mol. The Balaban J connectivity index is 2.06. The molecule has 5 nitrogen and oxygen atoms in total. The fourth-order valence-corrected chi connectivity index (χ4v) is 4.62. The summed E-state index contributed by atoms with van der Waals surface area (Å²) in [6.07, 6.45) is 2.01. The van der Waals surface area contributed by atoms with Gasteiger partial charge in [0.05, 0.1) is 17.5 Å². The summed E-state index contributed by atoms with van der Waals surface area (Å²) in [5.74, 6) is -0.334. The first kappa shape index (κ1) is 21.9. The van der Waals surface area contributed by atoms with Gasteiger partial charge in [0.15, 0.2) is 0 Å². The molecule has 0 fully saturated rings. The molecule has 0 heterocycles. The number of carbonyl (C=O) groups excluding carboxylic acids is 1. The van der Waals surface area contributed by atoms with Crippen molar-refractivity contribution in [2.24, 2.45) is 0 Å². The Labute approximate surface area is 173 Å². The van der Waals surface area contributed by atoms with E-state index in [1.54, 1.807) is 30.8 Å². The summed E-state index contributed by atoms with van der Waals surface area (Å²) in [7, 11) is -3.72. The van der Waals surface area contributed by atoms with E-state index in [2.05, 4.69) is 21.2 Å². The number of amides is 1. The first-order valence-corrected chi connectivity index (χ1v) is 11.9. The van der Waals surface area contributed by atoms with Crippen molar-refractivity contribution in [1.29, 1.82) is 0 Å². The van der Waals surface area contributed by atoms with E-state index in [9.17, 15) is 13.2 Å². The lowest BCUT2D eigenvalue weighted by Crippen LogP contribution is -2.41. The summed E-state index contributed by atoms with van der Waals surface area (Å²) in [6, 6.07) is 14.1. The minimum atomic E-state index is -3.72. The van der Waals surface area contributed by atoms with Crippen LogP contribution in [0.1, 0.15) is 25.5 Å². The molecule has 2 aromatic carbocycles. The number of sulfonamides is 1. The van der Waals surface area contributed by atoms with Crippen LogP contribution < -0.4 is 5.32 Å². The average molecular weight is 471 g/mol. The minimum absolute atomic E-state index is 0.168. The number of rotatable bonds is 8. The summed E-state index contributed by atoms with van der Waals surface area (Å²) in [5.41, 5.74) is 0.972. The Bertz CT molecular complexity index is 869. The number of halogens is 1. The van der Waals surface area contributed by atoms with Gasteiger partial charge in [0, 0.05) is 15.9 Å². The predicted octanol–water partition coefficient (Wildman–Crippen LogP) is 4.06. The van der Waals surface area contributed by atoms with Gasteiger partial charge in [-0.05, 0) is 55.1 Å². The van der Waals surface area contributed by atoms with Crippen molar-refractivity contribution < 1.29 is 13.2 Å². The zero-order valence-corrected chi connectivity index (χ0v) is 18.7. The lowest BCUT2D eigenvalue weighted by Gasteiger charge is -2.22. The van der Waals surface area contributed by atoms with E-state index in [4.69, 9.17) is 0 Å². The average Bonchev–Trinajstić information content (AvgIpc) is 2.66. The number of likely N-dealkylation sites (N-methyl/N-ethyl adjacent to an activating group) is 1. The molecule has 2 rings (SSSR count). The minimum Gasteiger partial charge on any atom is -0.348 e. The molecule has 1 amide bonds. The molecule has 0 aliphatic carbocycles. The van der Waals surface area contributed by atoms with Crippen molar-refractivity contribution in [2.75, 3.05) is 19.3 Å². The van der Waals surface area contributed by atoms with Gasteiger partial charge >= 0.3 is 0 Å². The summed E-state index contributed by atoms with van der Waals surface area (Å²) in [4.78, 5) is 13.7. The maximum Gasteiger partial charge on any atom is 0.243 e. The van der Waals surface area contributed by atoms with E-state index < -0.39 is 10.0 Å². The smallest absolute Gasteiger partial charge is 0.243 e. The summed E-state index contributed by atoms with van der Waals surface area (Å²) < 4.78 is 27.5. The zero-order valence-electron chi connectivity index (χ0n) is 15.5. The maximum absolute atomic E-state index is 12.8. The van der Waals surface area contributed by atoms with Crippen LogP contribution in [0.4, 0.5) is 0 Å². The number of thioether (sulfide) groups is 1. The van der Waals surface area contributed by atoms with E-state index in [0.29, 0.717) is 0 Å². The number of hydrogen-bond acceptors (Lipinski definition) is 4. The first-order valence-electron chi connectivity index (χ1n) is 8.47. The van der Waals surface area contributed by atoms with Gasteiger partial charge in [0.25, 0.3) is 0 Å². The van der Waals surface area contributed by atoms with Gasteiger partial charge in [-0.3, -0.25) is 4.79 Å². The van der Waals surface area contributed by atoms with Gasteiger partial charge < -0.3 is 5.32 Å². The SMILES string of the molecule is CCN(CC(=O)N[C@H](C)c1ccc(SC)cc1)S(=O)(=O)c1ccc(Br)cc1. The Morgan fingerprint density at radius 3 is 2.26 bits per heavy atom. The highest BCUT2D eigenvalue weighted by molar-refractivity contribution is 9.10. The van der Waals surface area contributed by atoms with Crippen LogP contribution in [0, 0.1) is 0 Å². The van der Waals surface area contributed by atoms with Crippen LogP contribution in [0.2, 0.25) is 0 Å². The van der Waals surface area contributed by atoms with Gasteiger partial charge in [-0.2, -0.15) is 4.31 Å². The normalized spacial score (nSPS) is 12.8. The van der Waals surface area contributed by atoms with Crippen molar-refractivity contribution in [3.63, 3.8) is 0 Å².